The van der Waals surface area contributed by atoms with E-state index in [1.165, 1.54) is 6.07 Å². The molecule has 108 valence electrons. The summed E-state index contributed by atoms with van der Waals surface area (Å²) in [6.07, 6.45) is 0.133. The van der Waals surface area contributed by atoms with E-state index in [-0.39, 0.29) is 12.0 Å². The van der Waals surface area contributed by atoms with Gasteiger partial charge in [-0.2, -0.15) is 0 Å². The predicted octanol–water partition coefficient (Wildman–Crippen LogP) is 3.56. The Kier molecular flexibility index (Phi) is 4.75. The molecule has 0 aromatic heterocycles. The van der Waals surface area contributed by atoms with Gasteiger partial charge in [-0.1, -0.05) is 46.3 Å². The van der Waals surface area contributed by atoms with Crippen LogP contribution in [0, 0.1) is 0 Å². The van der Waals surface area contributed by atoms with Crippen molar-refractivity contribution in [1.29, 1.82) is 0 Å². The van der Waals surface area contributed by atoms with Gasteiger partial charge in [0.25, 0.3) is 0 Å². The highest BCUT2D eigenvalue weighted by Crippen LogP contribution is 2.25. The van der Waals surface area contributed by atoms with Crippen molar-refractivity contribution in [2.24, 2.45) is 0 Å². The summed E-state index contributed by atoms with van der Waals surface area (Å²) in [5.41, 5.74) is 1.29. The number of carboxylic acids is 2. The molecule has 0 fully saturated rings. The lowest BCUT2D eigenvalue weighted by Gasteiger charge is -2.14. The number of aliphatic carboxylic acids is 1. The number of carbonyl (C=O) groups is 2. The van der Waals surface area contributed by atoms with Crippen LogP contribution in [0.15, 0.2) is 53.0 Å². The SMILES string of the molecule is O=C(O)c1ccccc1CC(C(=O)O)c1cccc(Br)c1. The monoisotopic (exact) mass is 348 g/mol. The second kappa shape index (κ2) is 6.54. The van der Waals surface area contributed by atoms with E-state index in [1.807, 2.05) is 6.07 Å². The van der Waals surface area contributed by atoms with Crippen LogP contribution in [0.4, 0.5) is 0 Å². The van der Waals surface area contributed by atoms with E-state index in [1.54, 1.807) is 36.4 Å². The van der Waals surface area contributed by atoms with Crippen LogP contribution in [0.5, 0.6) is 0 Å². The fourth-order valence-corrected chi connectivity index (χ4v) is 2.61. The van der Waals surface area contributed by atoms with Crippen LogP contribution in [0.25, 0.3) is 0 Å². The van der Waals surface area contributed by atoms with Gasteiger partial charge in [0.15, 0.2) is 0 Å². The summed E-state index contributed by atoms with van der Waals surface area (Å²) < 4.78 is 0.790. The minimum absolute atomic E-state index is 0.133. The van der Waals surface area contributed by atoms with Crippen LogP contribution in [0.2, 0.25) is 0 Å². The van der Waals surface area contributed by atoms with Crippen LogP contribution in [0.1, 0.15) is 27.4 Å². The maximum Gasteiger partial charge on any atom is 0.335 e. The van der Waals surface area contributed by atoms with Crippen molar-refractivity contribution in [2.75, 3.05) is 0 Å². The van der Waals surface area contributed by atoms with Crippen LogP contribution in [0.3, 0.4) is 0 Å². The Hall–Kier alpha value is -2.14. The molecule has 0 radical (unpaired) electrons. The first-order chi connectivity index (χ1) is 9.99. The summed E-state index contributed by atoms with van der Waals surface area (Å²) >= 11 is 3.32. The fraction of sp³-hybridized carbons (Fsp3) is 0.125. The number of rotatable bonds is 5. The number of hydrogen-bond donors (Lipinski definition) is 2. The van der Waals surface area contributed by atoms with Crippen LogP contribution in [-0.2, 0) is 11.2 Å². The molecule has 0 saturated heterocycles. The molecule has 0 spiro atoms. The summed E-state index contributed by atoms with van der Waals surface area (Å²) in [6.45, 7) is 0. The molecule has 0 amide bonds. The first kappa shape index (κ1) is 15.3. The maximum atomic E-state index is 11.5. The third-order valence-electron chi connectivity index (χ3n) is 3.22. The van der Waals surface area contributed by atoms with Gasteiger partial charge in [-0.25, -0.2) is 4.79 Å². The second-order valence-corrected chi connectivity index (χ2v) is 5.53. The fourth-order valence-electron chi connectivity index (χ4n) is 2.20. The zero-order valence-corrected chi connectivity index (χ0v) is 12.6. The molecule has 5 heteroatoms. The van der Waals surface area contributed by atoms with Crippen molar-refractivity contribution < 1.29 is 19.8 Å². The Morgan fingerprint density at radius 3 is 2.38 bits per heavy atom. The van der Waals surface area contributed by atoms with Crippen molar-refractivity contribution in [1.82, 2.24) is 0 Å². The Bertz CT molecular complexity index is 681. The Balaban J connectivity index is 2.38. The quantitative estimate of drug-likeness (QED) is 0.866. The van der Waals surface area contributed by atoms with E-state index in [9.17, 15) is 19.8 Å². The maximum absolute atomic E-state index is 11.5. The summed E-state index contributed by atoms with van der Waals surface area (Å²) in [5.74, 6) is -2.82. The molecule has 21 heavy (non-hydrogen) atoms. The zero-order chi connectivity index (χ0) is 15.4. The number of halogens is 1. The highest BCUT2D eigenvalue weighted by Gasteiger charge is 2.23. The summed E-state index contributed by atoms with van der Waals surface area (Å²) in [4.78, 5) is 22.7. The minimum atomic E-state index is -1.05. The molecule has 4 nitrogen and oxygen atoms in total. The molecule has 2 N–H and O–H groups in total. The normalized spacial score (nSPS) is 11.9. The number of carboxylic acid groups (broad SMARTS) is 2. The van der Waals surface area contributed by atoms with Gasteiger partial charge in [0.2, 0.25) is 0 Å². The lowest BCUT2D eigenvalue weighted by Crippen LogP contribution is -2.16. The van der Waals surface area contributed by atoms with E-state index in [0.29, 0.717) is 11.1 Å². The summed E-state index contributed by atoms with van der Waals surface area (Å²) in [7, 11) is 0. The first-order valence-corrected chi connectivity index (χ1v) is 7.08. The highest BCUT2D eigenvalue weighted by molar-refractivity contribution is 9.10. The molecule has 0 heterocycles. The average molecular weight is 349 g/mol. The predicted molar refractivity (Wildman–Crippen MR) is 81.6 cm³/mol. The van der Waals surface area contributed by atoms with E-state index in [2.05, 4.69) is 15.9 Å². The van der Waals surface area contributed by atoms with Crippen molar-refractivity contribution in [2.45, 2.75) is 12.3 Å². The van der Waals surface area contributed by atoms with Gasteiger partial charge in [0.1, 0.15) is 0 Å². The zero-order valence-electron chi connectivity index (χ0n) is 11.0. The van der Waals surface area contributed by atoms with Gasteiger partial charge in [0, 0.05) is 4.47 Å². The van der Waals surface area contributed by atoms with Gasteiger partial charge < -0.3 is 10.2 Å². The van der Waals surface area contributed by atoms with E-state index in [4.69, 9.17) is 0 Å². The molecule has 0 aliphatic heterocycles. The smallest absolute Gasteiger partial charge is 0.335 e. The third kappa shape index (κ3) is 3.70. The summed E-state index contributed by atoms with van der Waals surface area (Å²) in [6, 6.07) is 13.5. The van der Waals surface area contributed by atoms with E-state index in [0.717, 1.165) is 4.47 Å². The van der Waals surface area contributed by atoms with E-state index < -0.39 is 17.9 Å². The van der Waals surface area contributed by atoms with E-state index >= 15 is 0 Å². The molecule has 1 unspecified atom stereocenters. The number of hydrogen-bond acceptors (Lipinski definition) is 2. The molecule has 2 aromatic rings. The van der Waals surface area contributed by atoms with Crippen molar-refractivity contribution in [3.8, 4) is 0 Å². The molecular weight excluding hydrogens is 336 g/mol. The average Bonchev–Trinajstić information content (AvgIpc) is 2.44. The Morgan fingerprint density at radius 2 is 1.76 bits per heavy atom. The van der Waals surface area contributed by atoms with Gasteiger partial charge >= 0.3 is 11.9 Å². The Labute approximate surface area is 130 Å². The van der Waals surface area contributed by atoms with Gasteiger partial charge in [-0.15, -0.1) is 0 Å². The van der Waals surface area contributed by atoms with Crippen molar-refractivity contribution in [3.05, 3.63) is 69.7 Å². The van der Waals surface area contributed by atoms with Crippen molar-refractivity contribution >= 4 is 27.9 Å². The number of aromatic carboxylic acids is 1. The topological polar surface area (TPSA) is 74.6 Å². The largest absolute Gasteiger partial charge is 0.481 e. The van der Waals surface area contributed by atoms with Crippen LogP contribution < -0.4 is 0 Å². The Morgan fingerprint density at radius 1 is 1.05 bits per heavy atom. The molecule has 1 atom stereocenters. The first-order valence-electron chi connectivity index (χ1n) is 6.28. The molecule has 0 bridgehead atoms. The molecule has 2 rings (SSSR count). The molecule has 0 aliphatic carbocycles. The van der Waals surface area contributed by atoms with Crippen molar-refractivity contribution in [3.63, 3.8) is 0 Å². The molecule has 0 saturated carbocycles. The highest BCUT2D eigenvalue weighted by atomic mass is 79.9. The van der Waals surface area contributed by atoms with Crippen LogP contribution >= 0.6 is 15.9 Å². The third-order valence-corrected chi connectivity index (χ3v) is 3.71. The lowest BCUT2D eigenvalue weighted by molar-refractivity contribution is -0.138. The lowest BCUT2D eigenvalue weighted by atomic mass is 9.90. The molecular formula is C16H13BrO4. The summed E-state index contributed by atoms with van der Waals surface area (Å²) in [5, 5.41) is 18.6. The molecule has 0 aliphatic rings. The van der Waals surface area contributed by atoms with Gasteiger partial charge in [0.05, 0.1) is 11.5 Å². The number of benzene rings is 2. The molecule has 2 aromatic carbocycles. The standard InChI is InChI=1S/C16H13BrO4/c17-12-6-3-5-10(8-12)14(16(20)21)9-11-4-1-2-7-13(11)15(18)19/h1-8,14H,9H2,(H,18,19)(H,20,21). The van der Waals surface area contributed by atoms with Crippen LogP contribution in [-0.4, -0.2) is 22.2 Å². The van der Waals surface area contributed by atoms with Gasteiger partial charge in [-0.05, 0) is 35.7 Å². The minimum Gasteiger partial charge on any atom is -0.481 e. The van der Waals surface area contributed by atoms with Gasteiger partial charge in [-0.3, -0.25) is 4.79 Å². The second-order valence-electron chi connectivity index (χ2n) is 4.61.